The molecule has 25 heavy (non-hydrogen) atoms. The minimum absolute atomic E-state index is 0.306. The first-order valence-electron chi connectivity index (χ1n) is 8.10. The van der Waals surface area contributed by atoms with E-state index in [4.69, 9.17) is 5.11 Å². The third kappa shape index (κ3) is 5.37. The van der Waals surface area contributed by atoms with Gasteiger partial charge in [0.05, 0.1) is 0 Å². The molecule has 0 spiro atoms. The highest BCUT2D eigenvalue weighted by atomic mass is 19.4. The molecule has 1 saturated carbocycles. The molecule has 1 aliphatic rings. The molecule has 2 unspecified atom stereocenters. The number of amides is 1. The van der Waals surface area contributed by atoms with Crippen LogP contribution in [0.15, 0.2) is 24.3 Å². The minimum Gasteiger partial charge on any atom is -0.480 e. The number of hydrogen-bond acceptors (Lipinski definition) is 3. The quantitative estimate of drug-likeness (QED) is 0.745. The van der Waals surface area contributed by atoms with E-state index >= 15 is 0 Å². The lowest BCUT2D eigenvalue weighted by Gasteiger charge is -2.15. The molecule has 138 valence electrons. The van der Waals surface area contributed by atoms with Crippen molar-refractivity contribution in [2.45, 2.75) is 50.9 Å². The number of carbonyl (C=O) groups excluding carboxylic acids is 1. The van der Waals surface area contributed by atoms with Crippen molar-refractivity contribution >= 4 is 11.9 Å². The maximum Gasteiger partial charge on any atom is 0.573 e. The molecule has 2 rings (SSSR count). The van der Waals surface area contributed by atoms with Crippen LogP contribution in [0, 0.1) is 5.92 Å². The van der Waals surface area contributed by atoms with Crippen molar-refractivity contribution in [3.05, 3.63) is 29.8 Å². The zero-order chi connectivity index (χ0) is 18.6. The number of unbranched alkanes of at least 4 members (excludes halogenated alkanes) is 1. The minimum atomic E-state index is -4.81. The Morgan fingerprint density at radius 3 is 2.64 bits per heavy atom. The number of aliphatic carboxylic acids is 1. The number of para-hydroxylation sites is 1. The van der Waals surface area contributed by atoms with Crippen LogP contribution in [0.3, 0.4) is 0 Å². The molecule has 0 saturated heterocycles. The smallest absolute Gasteiger partial charge is 0.480 e. The van der Waals surface area contributed by atoms with E-state index in [9.17, 15) is 22.8 Å². The summed E-state index contributed by atoms with van der Waals surface area (Å²) in [5.74, 6) is -2.83. The zero-order valence-corrected chi connectivity index (χ0v) is 13.7. The lowest BCUT2D eigenvalue weighted by Crippen LogP contribution is -2.41. The fourth-order valence-electron chi connectivity index (χ4n) is 2.78. The molecule has 1 aromatic carbocycles. The normalized spacial score (nSPS) is 20.6. The van der Waals surface area contributed by atoms with Crippen molar-refractivity contribution in [2.24, 2.45) is 5.92 Å². The van der Waals surface area contributed by atoms with E-state index in [1.54, 1.807) is 6.07 Å². The lowest BCUT2D eigenvalue weighted by atomic mass is 10.1. The number of benzene rings is 1. The van der Waals surface area contributed by atoms with Gasteiger partial charge in [-0.15, -0.1) is 13.2 Å². The molecular formula is C17H20F3NO4. The molecule has 0 aromatic heterocycles. The first-order valence-corrected chi connectivity index (χ1v) is 8.10. The molecule has 8 heteroatoms. The lowest BCUT2D eigenvalue weighted by molar-refractivity contribution is -0.274. The molecule has 1 fully saturated rings. The molecule has 2 N–H and O–H groups in total. The summed E-state index contributed by atoms with van der Waals surface area (Å²) < 4.78 is 41.4. The Bertz CT molecular complexity index is 633. The zero-order valence-electron chi connectivity index (χ0n) is 13.7. The summed E-state index contributed by atoms with van der Waals surface area (Å²) in [4.78, 5) is 23.4. The van der Waals surface area contributed by atoms with Gasteiger partial charge in [-0.1, -0.05) is 38.0 Å². The van der Waals surface area contributed by atoms with Gasteiger partial charge < -0.3 is 15.2 Å². The van der Waals surface area contributed by atoms with Crippen LogP contribution < -0.4 is 10.1 Å². The Balaban J connectivity index is 2.02. The number of nitrogens with one attached hydrogen (secondary N) is 1. The second-order valence-electron chi connectivity index (χ2n) is 6.08. The number of carboxylic acid groups (broad SMARTS) is 1. The van der Waals surface area contributed by atoms with Crippen LogP contribution in [-0.4, -0.2) is 29.4 Å². The number of alkyl halides is 3. The fraction of sp³-hybridized carbons (Fsp3) is 0.529. The van der Waals surface area contributed by atoms with Crippen molar-refractivity contribution in [1.82, 2.24) is 5.32 Å². The first-order chi connectivity index (χ1) is 11.7. The predicted octanol–water partition coefficient (Wildman–Crippen LogP) is 3.45. The molecule has 3 atom stereocenters. The van der Waals surface area contributed by atoms with E-state index in [2.05, 4.69) is 10.1 Å². The topological polar surface area (TPSA) is 75.6 Å². The second-order valence-corrected chi connectivity index (χ2v) is 6.08. The predicted molar refractivity (Wildman–Crippen MR) is 83.1 cm³/mol. The van der Waals surface area contributed by atoms with Gasteiger partial charge in [0.1, 0.15) is 11.8 Å². The van der Waals surface area contributed by atoms with E-state index in [-0.39, 0.29) is 5.75 Å². The SMILES string of the molecule is CCCC[C@H](NC(=O)C1CC1c1ccccc1OC(F)(F)F)C(=O)O. The third-order valence-electron chi connectivity index (χ3n) is 4.13. The summed E-state index contributed by atoms with van der Waals surface area (Å²) in [6.45, 7) is 1.91. The van der Waals surface area contributed by atoms with Crippen molar-refractivity contribution in [1.29, 1.82) is 0 Å². The van der Waals surface area contributed by atoms with Gasteiger partial charge in [-0.05, 0) is 30.4 Å². The Hall–Kier alpha value is -2.25. The van der Waals surface area contributed by atoms with Crippen LogP contribution in [0.25, 0.3) is 0 Å². The number of halogens is 3. The molecule has 1 aliphatic carbocycles. The molecule has 1 aromatic rings. The number of carboxylic acids is 1. The monoisotopic (exact) mass is 359 g/mol. The average Bonchev–Trinajstić information content (AvgIpc) is 3.30. The van der Waals surface area contributed by atoms with Crippen molar-refractivity contribution in [2.75, 3.05) is 0 Å². The standard InChI is InChI=1S/C17H20F3NO4/c1-2-3-7-13(16(23)24)21-15(22)12-9-11(12)10-6-4-5-8-14(10)25-17(18,19)20/h4-6,8,11-13H,2-3,7,9H2,1H3,(H,21,22)(H,23,24)/t11?,12?,13-/m0/s1. The average molecular weight is 359 g/mol. The van der Waals surface area contributed by atoms with Crippen LogP contribution in [0.1, 0.15) is 44.1 Å². The highest BCUT2D eigenvalue weighted by Gasteiger charge is 2.47. The summed E-state index contributed by atoms with van der Waals surface area (Å²) in [5, 5.41) is 11.6. The summed E-state index contributed by atoms with van der Waals surface area (Å²) in [6, 6.07) is 4.72. The fourth-order valence-corrected chi connectivity index (χ4v) is 2.78. The highest BCUT2D eigenvalue weighted by molar-refractivity contribution is 5.87. The molecule has 0 heterocycles. The van der Waals surface area contributed by atoms with Crippen LogP contribution in [-0.2, 0) is 9.59 Å². The molecule has 1 amide bonds. The summed E-state index contributed by atoms with van der Waals surface area (Å²) in [6.07, 6.45) is -2.66. The first kappa shape index (κ1) is 19.1. The van der Waals surface area contributed by atoms with E-state index in [1.807, 2.05) is 6.92 Å². The number of ether oxygens (including phenoxy) is 1. The Morgan fingerprint density at radius 2 is 2.04 bits per heavy atom. The van der Waals surface area contributed by atoms with Crippen LogP contribution in [0.4, 0.5) is 13.2 Å². The molecule has 5 nitrogen and oxygen atoms in total. The largest absolute Gasteiger partial charge is 0.573 e. The number of rotatable bonds is 8. The van der Waals surface area contributed by atoms with Gasteiger partial charge in [0.15, 0.2) is 0 Å². The molecule has 0 aliphatic heterocycles. The van der Waals surface area contributed by atoms with Gasteiger partial charge in [0.25, 0.3) is 0 Å². The number of hydrogen-bond donors (Lipinski definition) is 2. The Morgan fingerprint density at radius 1 is 1.36 bits per heavy atom. The Labute approximate surface area is 143 Å². The summed E-state index contributed by atoms with van der Waals surface area (Å²) in [5.41, 5.74) is 0.306. The maximum atomic E-state index is 12.5. The van der Waals surface area contributed by atoms with Crippen molar-refractivity contribution in [3.63, 3.8) is 0 Å². The summed E-state index contributed by atoms with van der Waals surface area (Å²) >= 11 is 0. The molecular weight excluding hydrogens is 339 g/mol. The van der Waals surface area contributed by atoms with Crippen LogP contribution in [0.5, 0.6) is 5.75 Å². The van der Waals surface area contributed by atoms with E-state index in [0.717, 1.165) is 6.42 Å². The third-order valence-corrected chi connectivity index (χ3v) is 4.13. The molecule has 0 bridgehead atoms. The van der Waals surface area contributed by atoms with E-state index in [1.165, 1.54) is 18.2 Å². The maximum absolute atomic E-state index is 12.5. The highest BCUT2D eigenvalue weighted by Crippen LogP contribution is 2.51. The van der Waals surface area contributed by atoms with E-state index in [0.29, 0.717) is 24.8 Å². The van der Waals surface area contributed by atoms with Gasteiger partial charge in [-0.25, -0.2) is 4.79 Å². The van der Waals surface area contributed by atoms with Gasteiger partial charge in [-0.2, -0.15) is 0 Å². The van der Waals surface area contributed by atoms with Gasteiger partial charge in [0, 0.05) is 5.92 Å². The van der Waals surface area contributed by atoms with E-state index < -0.39 is 36.1 Å². The van der Waals surface area contributed by atoms with Crippen LogP contribution >= 0.6 is 0 Å². The van der Waals surface area contributed by atoms with Gasteiger partial charge in [-0.3, -0.25) is 4.79 Å². The second kappa shape index (κ2) is 7.76. The van der Waals surface area contributed by atoms with Crippen LogP contribution in [0.2, 0.25) is 0 Å². The van der Waals surface area contributed by atoms with Crippen molar-refractivity contribution in [3.8, 4) is 5.75 Å². The van der Waals surface area contributed by atoms with Gasteiger partial charge in [0.2, 0.25) is 5.91 Å². The summed E-state index contributed by atoms with van der Waals surface area (Å²) in [7, 11) is 0. The number of carbonyl (C=O) groups is 2. The van der Waals surface area contributed by atoms with Crippen molar-refractivity contribution < 1.29 is 32.6 Å². The Kier molecular flexibility index (Phi) is 5.92. The molecule has 0 radical (unpaired) electrons. The van der Waals surface area contributed by atoms with Gasteiger partial charge >= 0.3 is 12.3 Å².